The number of benzene rings is 1. The summed E-state index contributed by atoms with van der Waals surface area (Å²) in [5.41, 5.74) is 1.30. The van der Waals surface area contributed by atoms with E-state index in [4.69, 9.17) is 23.2 Å². The molecule has 0 aliphatic carbocycles. The van der Waals surface area contributed by atoms with Gasteiger partial charge in [-0.1, -0.05) is 55.5 Å². The highest BCUT2D eigenvalue weighted by Crippen LogP contribution is 2.31. The Kier molecular flexibility index (Phi) is 11.9. The first-order valence-electron chi connectivity index (χ1n) is 7.62. The quantitative estimate of drug-likeness (QED) is 0.660. The average Bonchev–Trinajstić information content (AvgIpc) is 2.48. The fourth-order valence-electron chi connectivity index (χ4n) is 2.86. The van der Waals surface area contributed by atoms with Gasteiger partial charge >= 0.3 is 0 Å². The summed E-state index contributed by atoms with van der Waals surface area (Å²) in [6.45, 7) is 6.62. The van der Waals surface area contributed by atoms with Gasteiger partial charge in [-0.05, 0) is 24.1 Å². The molecule has 2 nitrogen and oxygen atoms in total. The molecule has 128 valence electrons. The SMILES string of the molecule is CCCCC[C@@H](c1ccc(Cl)c(Cl)c1)N1CCNCC1.Cl.Cl. The Morgan fingerprint density at radius 3 is 2.36 bits per heavy atom. The molecule has 0 unspecified atom stereocenters. The maximum atomic E-state index is 6.20. The third-order valence-electron chi connectivity index (χ3n) is 4.00. The van der Waals surface area contributed by atoms with Crippen LogP contribution in [0.3, 0.4) is 0 Å². The first-order valence-corrected chi connectivity index (χ1v) is 8.37. The second-order valence-electron chi connectivity index (χ2n) is 5.47. The molecule has 1 N–H and O–H groups in total. The predicted molar refractivity (Wildman–Crippen MR) is 102 cm³/mol. The van der Waals surface area contributed by atoms with Gasteiger partial charge in [-0.2, -0.15) is 0 Å². The average molecular weight is 388 g/mol. The van der Waals surface area contributed by atoms with Gasteiger partial charge in [0.2, 0.25) is 0 Å². The lowest BCUT2D eigenvalue weighted by Crippen LogP contribution is -2.45. The maximum absolute atomic E-state index is 6.20. The van der Waals surface area contributed by atoms with Gasteiger partial charge in [0.15, 0.2) is 0 Å². The van der Waals surface area contributed by atoms with Crippen LogP contribution in [0.4, 0.5) is 0 Å². The van der Waals surface area contributed by atoms with E-state index in [1.807, 2.05) is 12.1 Å². The van der Waals surface area contributed by atoms with E-state index in [2.05, 4.69) is 23.2 Å². The summed E-state index contributed by atoms with van der Waals surface area (Å²) in [6, 6.07) is 6.57. The number of nitrogens with one attached hydrogen (secondary N) is 1. The van der Waals surface area contributed by atoms with Crippen molar-refractivity contribution in [1.29, 1.82) is 0 Å². The smallest absolute Gasteiger partial charge is 0.0595 e. The van der Waals surface area contributed by atoms with E-state index in [1.54, 1.807) is 0 Å². The van der Waals surface area contributed by atoms with Crippen molar-refractivity contribution in [2.75, 3.05) is 26.2 Å². The largest absolute Gasteiger partial charge is 0.314 e. The van der Waals surface area contributed by atoms with E-state index in [1.165, 1.54) is 31.2 Å². The maximum Gasteiger partial charge on any atom is 0.0595 e. The van der Waals surface area contributed by atoms with Crippen LogP contribution in [0, 0.1) is 0 Å². The van der Waals surface area contributed by atoms with E-state index in [9.17, 15) is 0 Å². The number of piperazine rings is 1. The van der Waals surface area contributed by atoms with Crippen molar-refractivity contribution in [3.05, 3.63) is 33.8 Å². The van der Waals surface area contributed by atoms with Crippen molar-refractivity contribution in [3.63, 3.8) is 0 Å². The van der Waals surface area contributed by atoms with Crippen LogP contribution < -0.4 is 5.32 Å². The highest BCUT2D eigenvalue weighted by molar-refractivity contribution is 6.42. The van der Waals surface area contributed by atoms with Gasteiger partial charge in [-0.25, -0.2) is 0 Å². The fraction of sp³-hybridized carbons (Fsp3) is 0.625. The number of rotatable bonds is 6. The minimum Gasteiger partial charge on any atom is -0.314 e. The van der Waals surface area contributed by atoms with Crippen molar-refractivity contribution < 1.29 is 0 Å². The molecule has 0 amide bonds. The molecule has 0 radical (unpaired) electrons. The zero-order valence-electron chi connectivity index (χ0n) is 13.0. The molecule has 1 aromatic rings. The van der Waals surface area contributed by atoms with Crippen LogP contribution in [0.25, 0.3) is 0 Å². The molecule has 1 aliphatic rings. The lowest BCUT2D eigenvalue weighted by Gasteiger charge is -2.35. The molecule has 1 aromatic carbocycles. The summed E-state index contributed by atoms with van der Waals surface area (Å²) in [7, 11) is 0. The summed E-state index contributed by atoms with van der Waals surface area (Å²) in [6.07, 6.45) is 5.02. The number of halogens is 4. The molecule has 0 aromatic heterocycles. The second-order valence-corrected chi connectivity index (χ2v) is 6.29. The van der Waals surface area contributed by atoms with Crippen LogP contribution >= 0.6 is 48.0 Å². The van der Waals surface area contributed by atoms with Crippen molar-refractivity contribution in [2.45, 2.75) is 38.6 Å². The minimum absolute atomic E-state index is 0. The van der Waals surface area contributed by atoms with Gasteiger partial charge in [-0.15, -0.1) is 24.8 Å². The normalized spacial score (nSPS) is 16.5. The number of unbranched alkanes of at least 4 members (excludes halogenated alkanes) is 2. The Balaban J connectivity index is 0.00000220. The Morgan fingerprint density at radius 1 is 1.09 bits per heavy atom. The van der Waals surface area contributed by atoms with Crippen molar-refractivity contribution in [1.82, 2.24) is 10.2 Å². The van der Waals surface area contributed by atoms with E-state index in [-0.39, 0.29) is 24.8 Å². The topological polar surface area (TPSA) is 15.3 Å². The van der Waals surface area contributed by atoms with Gasteiger partial charge in [-0.3, -0.25) is 4.90 Å². The summed E-state index contributed by atoms with van der Waals surface area (Å²) < 4.78 is 0. The Bertz CT molecular complexity index is 423. The van der Waals surface area contributed by atoms with Crippen LogP contribution in [-0.2, 0) is 0 Å². The van der Waals surface area contributed by atoms with Gasteiger partial charge in [0.1, 0.15) is 0 Å². The fourth-order valence-corrected chi connectivity index (χ4v) is 3.17. The van der Waals surface area contributed by atoms with Gasteiger partial charge in [0, 0.05) is 32.2 Å². The zero-order valence-corrected chi connectivity index (χ0v) is 16.1. The highest BCUT2D eigenvalue weighted by Gasteiger charge is 2.22. The van der Waals surface area contributed by atoms with E-state index < -0.39 is 0 Å². The molecule has 0 bridgehead atoms. The number of hydrogen-bond acceptors (Lipinski definition) is 2. The highest BCUT2D eigenvalue weighted by atomic mass is 35.5. The third kappa shape index (κ3) is 6.43. The van der Waals surface area contributed by atoms with Crippen LogP contribution in [-0.4, -0.2) is 31.1 Å². The van der Waals surface area contributed by atoms with Crippen LogP contribution in [0.2, 0.25) is 10.0 Å². The van der Waals surface area contributed by atoms with Crippen molar-refractivity contribution in [3.8, 4) is 0 Å². The minimum atomic E-state index is 0. The summed E-state index contributed by atoms with van der Waals surface area (Å²) in [5, 5.41) is 4.73. The predicted octanol–water partition coefficient (Wildman–Crippen LogP) is 5.36. The molecule has 1 fully saturated rings. The standard InChI is InChI=1S/C16H24Cl2N2.2ClH/c1-2-3-4-5-16(20-10-8-19-9-11-20)13-6-7-14(17)15(18)12-13;;/h6-7,12,16,19H,2-5,8-11H2,1H3;2*1H/t16-;;/m0../s1. The number of nitrogens with zero attached hydrogens (tertiary/aromatic N) is 1. The van der Waals surface area contributed by atoms with Gasteiger partial charge < -0.3 is 5.32 Å². The zero-order chi connectivity index (χ0) is 14.4. The van der Waals surface area contributed by atoms with E-state index in [0.717, 1.165) is 26.2 Å². The van der Waals surface area contributed by atoms with E-state index >= 15 is 0 Å². The molecule has 1 heterocycles. The Morgan fingerprint density at radius 2 is 1.77 bits per heavy atom. The molecule has 1 atom stereocenters. The molecular formula is C16H26Cl4N2. The van der Waals surface area contributed by atoms with Crippen molar-refractivity contribution in [2.24, 2.45) is 0 Å². The van der Waals surface area contributed by atoms with Gasteiger partial charge in [0.05, 0.1) is 10.0 Å². The molecule has 2 rings (SSSR count). The Labute approximate surface area is 156 Å². The molecule has 6 heteroatoms. The van der Waals surface area contributed by atoms with Crippen LogP contribution in [0.5, 0.6) is 0 Å². The summed E-state index contributed by atoms with van der Waals surface area (Å²) in [5.74, 6) is 0. The summed E-state index contributed by atoms with van der Waals surface area (Å²) in [4.78, 5) is 2.58. The second kappa shape index (κ2) is 11.8. The van der Waals surface area contributed by atoms with E-state index in [0.29, 0.717) is 16.1 Å². The molecule has 0 spiro atoms. The lowest BCUT2D eigenvalue weighted by atomic mass is 9.98. The first kappa shape index (κ1) is 22.3. The third-order valence-corrected chi connectivity index (χ3v) is 4.74. The summed E-state index contributed by atoms with van der Waals surface area (Å²) >= 11 is 12.2. The van der Waals surface area contributed by atoms with Crippen molar-refractivity contribution >= 4 is 48.0 Å². The molecule has 1 saturated heterocycles. The molecule has 1 aliphatic heterocycles. The first-order chi connectivity index (χ1) is 9.72. The number of hydrogen-bond donors (Lipinski definition) is 1. The monoisotopic (exact) mass is 386 g/mol. The molecule has 22 heavy (non-hydrogen) atoms. The van der Waals surface area contributed by atoms with Crippen LogP contribution in [0.1, 0.15) is 44.2 Å². The molecule has 0 saturated carbocycles. The lowest BCUT2D eigenvalue weighted by molar-refractivity contribution is 0.163. The van der Waals surface area contributed by atoms with Gasteiger partial charge in [0.25, 0.3) is 0 Å². The Hall–Kier alpha value is 0.300. The molecular weight excluding hydrogens is 362 g/mol. The van der Waals surface area contributed by atoms with Crippen LogP contribution in [0.15, 0.2) is 18.2 Å².